The Kier molecular flexibility index (Phi) is 4.33. The maximum Gasteiger partial charge on any atom is 0.190 e. The van der Waals surface area contributed by atoms with Crippen LogP contribution in [0.25, 0.3) is 10.2 Å². The molecule has 3 rings (SSSR count). The third kappa shape index (κ3) is 3.08. The second-order valence-corrected chi connectivity index (χ2v) is 8.05. The zero-order valence-electron chi connectivity index (χ0n) is 13.3. The van der Waals surface area contributed by atoms with Gasteiger partial charge in [0.05, 0.1) is 23.7 Å². The molecule has 0 saturated heterocycles. The Balaban J connectivity index is 2.12. The van der Waals surface area contributed by atoms with Gasteiger partial charge in [-0.1, -0.05) is 11.8 Å². The second kappa shape index (κ2) is 5.96. The number of aromatic nitrogens is 2. The molecule has 22 heavy (non-hydrogen) atoms. The molecule has 7 heteroatoms. The van der Waals surface area contributed by atoms with E-state index in [4.69, 9.17) is 4.74 Å². The van der Waals surface area contributed by atoms with E-state index in [1.165, 1.54) is 22.2 Å². The molecule has 120 valence electrons. The molecule has 2 aromatic heterocycles. The van der Waals surface area contributed by atoms with Crippen LogP contribution in [-0.2, 0) is 17.8 Å². The number of aliphatic hydroxyl groups excluding tert-OH is 1. The summed E-state index contributed by atoms with van der Waals surface area (Å²) in [7, 11) is 0. The van der Waals surface area contributed by atoms with Crippen LogP contribution in [0.2, 0.25) is 0 Å². The summed E-state index contributed by atoms with van der Waals surface area (Å²) >= 11 is 3.21. The van der Waals surface area contributed by atoms with Crippen LogP contribution in [0.15, 0.2) is 5.16 Å². The van der Waals surface area contributed by atoms with Crippen LogP contribution < -0.4 is 5.32 Å². The molecular weight excluding hydrogens is 318 g/mol. The van der Waals surface area contributed by atoms with Crippen molar-refractivity contribution in [3.8, 4) is 0 Å². The maximum atomic E-state index is 9.56. The van der Waals surface area contributed by atoms with Gasteiger partial charge in [-0.3, -0.25) is 0 Å². The predicted molar refractivity (Wildman–Crippen MR) is 91.9 cm³/mol. The molecule has 0 saturated carbocycles. The van der Waals surface area contributed by atoms with E-state index in [1.807, 2.05) is 6.26 Å². The summed E-state index contributed by atoms with van der Waals surface area (Å²) in [5, 5.41) is 14.7. The topological polar surface area (TPSA) is 67.3 Å². The lowest BCUT2D eigenvalue weighted by atomic mass is 9.94. The number of thiophene rings is 1. The minimum atomic E-state index is -0.419. The Bertz CT molecular complexity index is 698. The van der Waals surface area contributed by atoms with Crippen LogP contribution in [0, 0.1) is 0 Å². The molecule has 0 aromatic carbocycles. The first-order chi connectivity index (χ1) is 10.4. The molecule has 0 unspecified atom stereocenters. The van der Waals surface area contributed by atoms with Gasteiger partial charge in [0.1, 0.15) is 10.6 Å². The molecule has 0 aliphatic carbocycles. The van der Waals surface area contributed by atoms with E-state index in [1.54, 1.807) is 18.3 Å². The van der Waals surface area contributed by atoms with Gasteiger partial charge in [0.2, 0.25) is 0 Å². The summed E-state index contributed by atoms with van der Waals surface area (Å²) in [6.45, 7) is 7.10. The Morgan fingerprint density at radius 2 is 2.23 bits per heavy atom. The number of rotatable bonds is 4. The molecule has 0 bridgehead atoms. The molecule has 5 nitrogen and oxygen atoms in total. The van der Waals surface area contributed by atoms with Crippen molar-refractivity contribution in [1.29, 1.82) is 0 Å². The number of aliphatic hydroxyl groups is 1. The van der Waals surface area contributed by atoms with Crippen molar-refractivity contribution in [2.45, 2.75) is 50.7 Å². The average molecular weight is 339 g/mol. The molecule has 3 heterocycles. The first kappa shape index (κ1) is 16.0. The molecule has 2 N–H and O–H groups in total. The number of hydrogen-bond donors (Lipinski definition) is 2. The van der Waals surface area contributed by atoms with Gasteiger partial charge in [0, 0.05) is 17.8 Å². The minimum Gasteiger partial charge on any atom is -0.392 e. The summed E-state index contributed by atoms with van der Waals surface area (Å²) < 4.78 is 5.91. The summed E-state index contributed by atoms with van der Waals surface area (Å²) in [6, 6.07) is 0. The van der Waals surface area contributed by atoms with Crippen LogP contribution in [-0.4, -0.2) is 39.6 Å². The standard InChI is InChI=1S/C15H21N3O2S2/c1-8(19)6-16-12-11-9-5-15(2,3)20-7-10(9)22-13(11)18-14(17-12)21-4/h8,19H,5-7H2,1-4H3,(H,16,17,18)/t8-/m0/s1. The maximum absolute atomic E-state index is 9.56. The molecule has 1 aliphatic rings. The highest BCUT2D eigenvalue weighted by Crippen LogP contribution is 2.41. The Morgan fingerprint density at radius 3 is 2.91 bits per heavy atom. The predicted octanol–water partition coefficient (Wildman–Crippen LogP) is 3.06. The Hall–Kier alpha value is -0.890. The summed E-state index contributed by atoms with van der Waals surface area (Å²) in [5.74, 6) is 0.824. The van der Waals surface area contributed by atoms with Gasteiger partial charge in [0.25, 0.3) is 0 Å². The smallest absolute Gasteiger partial charge is 0.190 e. The molecule has 0 amide bonds. The molecule has 1 aliphatic heterocycles. The number of ether oxygens (including phenoxy) is 1. The lowest BCUT2D eigenvalue weighted by Gasteiger charge is -2.30. The number of nitrogens with one attached hydrogen (secondary N) is 1. The van der Waals surface area contributed by atoms with E-state index in [0.29, 0.717) is 13.2 Å². The summed E-state index contributed by atoms with van der Waals surface area (Å²) in [4.78, 5) is 11.5. The molecular formula is C15H21N3O2S2. The summed E-state index contributed by atoms with van der Waals surface area (Å²) in [6.07, 6.45) is 2.41. The van der Waals surface area contributed by atoms with Crippen LogP contribution >= 0.6 is 23.1 Å². The zero-order valence-corrected chi connectivity index (χ0v) is 14.9. The number of fused-ring (bicyclic) bond motifs is 3. The van der Waals surface area contributed by atoms with Crippen molar-refractivity contribution in [3.63, 3.8) is 0 Å². The van der Waals surface area contributed by atoms with E-state index in [-0.39, 0.29) is 5.60 Å². The van der Waals surface area contributed by atoms with Gasteiger partial charge in [-0.25, -0.2) is 9.97 Å². The van der Waals surface area contributed by atoms with E-state index < -0.39 is 6.10 Å². The largest absolute Gasteiger partial charge is 0.392 e. The third-order valence-corrected chi connectivity index (χ3v) is 5.30. The van der Waals surface area contributed by atoms with Gasteiger partial charge in [-0.05, 0) is 32.6 Å². The van der Waals surface area contributed by atoms with Crippen LogP contribution in [0.1, 0.15) is 31.2 Å². The highest BCUT2D eigenvalue weighted by molar-refractivity contribution is 7.98. The van der Waals surface area contributed by atoms with Crippen molar-refractivity contribution in [2.24, 2.45) is 0 Å². The molecule has 0 spiro atoms. The molecule has 1 atom stereocenters. The third-order valence-electron chi connectivity index (χ3n) is 3.66. The second-order valence-electron chi connectivity index (χ2n) is 6.20. The van der Waals surface area contributed by atoms with Gasteiger partial charge < -0.3 is 15.2 Å². The molecule has 0 radical (unpaired) electrons. The van der Waals surface area contributed by atoms with E-state index in [9.17, 15) is 5.11 Å². The molecule has 2 aromatic rings. The van der Waals surface area contributed by atoms with Crippen LogP contribution in [0.3, 0.4) is 0 Å². The van der Waals surface area contributed by atoms with Crippen molar-refractivity contribution in [2.75, 3.05) is 18.1 Å². The summed E-state index contributed by atoms with van der Waals surface area (Å²) in [5.41, 5.74) is 1.12. The lowest BCUT2D eigenvalue weighted by Crippen LogP contribution is -2.31. The Morgan fingerprint density at radius 1 is 1.45 bits per heavy atom. The fraction of sp³-hybridized carbons (Fsp3) is 0.600. The van der Waals surface area contributed by atoms with Gasteiger partial charge in [0.15, 0.2) is 5.16 Å². The van der Waals surface area contributed by atoms with E-state index >= 15 is 0 Å². The zero-order chi connectivity index (χ0) is 15.9. The fourth-order valence-corrected chi connectivity index (χ4v) is 4.11. The number of nitrogens with zero attached hydrogens (tertiary/aromatic N) is 2. The highest BCUT2D eigenvalue weighted by atomic mass is 32.2. The van der Waals surface area contributed by atoms with E-state index in [2.05, 4.69) is 29.1 Å². The van der Waals surface area contributed by atoms with Crippen molar-refractivity contribution < 1.29 is 9.84 Å². The number of hydrogen-bond acceptors (Lipinski definition) is 7. The van der Waals surface area contributed by atoms with Gasteiger partial charge in [-0.2, -0.15) is 0 Å². The van der Waals surface area contributed by atoms with E-state index in [0.717, 1.165) is 27.6 Å². The van der Waals surface area contributed by atoms with Gasteiger partial charge >= 0.3 is 0 Å². The first-order valence-electron chi connectivity index (χ1n) is 7.32. The number of thioether (sulfide) groups is 1. The van der Waals surface area contributed by atoms with Crippen LogP contribution in [0.5, 0.6) is 0 Å². The normalized spacial score (nSPS) is 18.2. The quantitative estimate of drug-likeness (QED) is 0.659. The lowest BCUT2D eigenvalue weighted by molar-refractivity contribution is -0.0379. The van der Waals surface area contributed by atoms with Gasteiger partial charge in [-0.15, -0.1) is 11.3 Å². The van der Waals surface area contributed by atoms with Crippen molar-refractivity contribution in [3.05, 3.63) is 10.4 Å². The fourth-order valence-electron chi connectivity index (χ4n) is 2.59. The highest BCUT2D eigenvalue weighted by Gasteiger charge is 2.31. The SMILES string of the molecule is CSc1nc(NC[C@H](C)O)c2c3c(sc2n1)COC(C)(C)C3. The Labute approximate surface area is 138 Å². The monoisotopic (exact) mass is 339 g/mol. The van der Waals surface area contributed by atoms with Crippen molar-refractivity contribution in [1.82, 2.24) is 9.97 Å². The molecule has 0 fully saturated rings. The average Bonchev–Trinajstić information content (AvgIpc) is 2.81. The van der Waals surface area contributed by atoms with Crippen LogP contribution in [0.4, 0.5) is 5.82 Å². The minimum absolute atomic E-state index is 0.166. The number of anilines is 1. The van der Waals surface area contributed by atoms with Crippen molar-refractivity contribution >= 4 is 39.1 Å². The first-order valence-corrected chi connectivity index (χ1v) is 9.36.